The zero-order valence-corrected chi connectivity index (χ0v) is 12.5. The monoisotopic (exact) mass is 323 g/mol. The molecule has 6 nitrogen and oxygen atoms in total. The van der Waals surface area contributed by atoms with E-state index >= 15 is 0 Å². The molecule has 0 saturated heterocycles. The van der Waals surface area contributed by atoms with Gasteiger partial charge in [0.25, 0.3) is 12.3 Å². The van der Waals surface area contributed by atoms with Gasteiger partial charge in [-0.05, 0) is 24.1 Å². The van der Waals surface area contributed by atoms with Gasteiger partial charge in [0.2, 0.25) is 0 Å². The summed E-state index contributed by atoms with van der Waals surface area (Å²) >= 11 is 0. The van der Waals surface area contributed by atoms with Crippen LogP contribution in [0.5, 0.6) is 0 Å². The molecule has 0 unspecified atom stereocenters. The number of nitrogens with zero attached hydrogens (tertiary/aromatic N) is 2. The highest BCUT2D eigenvalue weighted by Crippen LogP contribution is 2.24. The number of nitrogens with one attached hydrogen (secondary N) is 1. The maximum atomic E-state index is 12.9. The number of carbonyl (C=O) groups is 2. The summed E-state index contributed by atoms with van der Waals surface area (Å²) in [6, 6.07) is 4.52. The minimum atomic E-state index is -2.90. The molecule has 0 aliphatic rings. The number of hydrogen-bond acceptors (Lipinski definition) is 3. The molecule has 1 heterocycles. The summed E-state index contributed by atoms with van der Waals surface area (Å²) in [4.78, 5) is 23.5. The highest BCUT2D eigenvalue weighted by Gasteiger charge is 2.23. The number of carboxylic acids is 1. The summed E-state index contributed by atoms with van der Waals surface area (Å²) in [5, 5.41) is 15.1. The summed E-state index contributed by atoms with van der Waals surface area (Å²) in [5.74, 6) is -2.05. The van der Waals surface area contributed by atoms with Gasteiger partial charge < -0.3 is 10.4 Å². The summed E-state index contributed by atoms with van der Waals surface area (Å²) in [5.41, 5.74) is -0.177. The Kier molecular flexibility index (Phi) is 4.73. The third kappa shape index (κ3) is 3.53. The number of aromatic carboxylic acids is 1. The van der Waals surface area contributed by atoms with Gasteiger partial charge in [0.1, 0.15) is 5.69 Å². The van der Waals surface area contributed by atoms with Crippen molar-refractivity contribution in [3.63, 3.8) is 0 Å². The molecule has 0 saturated carbocycles. The van der Waals surface area contributed by atoms with Crippen molar-refractivity contribution in [2.45, 2.75) is 19.8 Å². The molecule has 2 aromatic rings. The van der Waals surface area contributed by atoms with E-state index in [9.17, 15) is 23.5 Å². The zero-order chi connectivity index (χ0) is 17.1. The van der Waals surface area contributed by atoms with Gasteiger partial charge in [-0.2, -0.15) is 5.10 Å². The number of carbonyl (C=O) groups excluding carboxylic acids is 1. The molecule has 1 amide bonds. The first kappa shape index (κ1) is 16.6. The quantitative estimate of drug-likeness (QED) is 0.886. The molecule has 2 N–H and O–H groups in total. The van der Waals surface area contributed by atoms with Crippen LogP contribution in [0.4, 0.5) is 14.5 Å². The molecule has 8 heteroatoms. The van der Waals surface area contributed by atoms with Crippen LogP contribution in [0.15, 0.2) is 24.4 Å². The Hall–Kier alpha value is -2.77. The van der Waals surface area contributed by atoms with Crippen LogP contribution in [0.2, 0.25) is 0 Å². The van der Waals surface area contributed by atoms with Gasteiger partial charge in [-0.15, -0.1) is 0 Å². The van der Waals surface area contributed by atoms with Crippen molar-refractivity contribution in [1.82, 2.24) is 9.78 Å². The number of rotatable bonds is 5. The highest BCUT2D eigenvalue weighted by molar-refractivity contribution is 6.08. The van der Waals surface area contributed by atoms with Gasteiger partial charge in [0.15, 0.2) is 0 Å². The second kappa shape index (κ2) is 6.55. The van der Waals surface area contributed by atoms with Crippen LogP contribution >= 0.6 is 0 Å². The van der Waals surface area contributed by atoms with Crippen molar-refractivity contribution in [1.29, 1.82) is 0 Å². The van der Waals surface area contributed by atoms with Crippen molar-refractivity contribution < 1.29 is 23.5 Å². The van der Waals surface area contributed by atoms with Crippen molar-refractivity contribution in [3.05, 3.63) is 46.8 Å². The average Bonchev–Trinajstić information content (AvgIpc) is 2.89. The number of alkyl halides is 2. The number of benzene rings is 1. The van der Waals surface area contributed by atoms with Crippen LogP contribution in [-0.4, -0.2) is 26.8 Å². The van der Waals surface area contributed by atoms with Gasteiger partial charge in [0.05, 0.1) is 16.8 Å². The molecule has 2 rings (SSSR count). The maximum absolute atomic E-state index is 12.9. The lowest BCUT2D eigenvalue weighted by Crippen LogP contribution is -2.16. The van der Waals surface area contributed by atoms with Gasteiger partial charge in [-0.1, -0.05) is 13.0 Å². The summed E-state index contributed by atoms with van der Waals surface area (Å²) < 4.78 is 26.9. The molecule has 0 aliphatic heterocycles. The molecule has 0 fully saturated rings. The maximum Gasteiger partial charge on any atom is 0.337 e. The number of amides is 1. The molecule has 0 bridgehead atoms. The summed E-state index contributed by atoms with van der Waals surface area (Å²) in [6.45, 7) is 1.87. The van der Waals surface area contributed by atoms with Crippen LogP contribution in [0.1, 0.15) is 45.3 Å². The van der Waals surface area contributed by atoms with Crippen LogP contribution in [0.25, 0.3) is 0 Å². The predicted octanol–water partition coefficient (Wildman–Crippen LogP) is 2.87. The van der Waals surface area contributed by atoms with Crippen LogP contribution in [0, 0.1) is 0 Å². The summed E-state index contributed by atoms with van der Waals surface area (Å²) in [7, 11) is 1.42. The molecular weight excluding hydrogens is 308 g/mol. The van der Waals surface area contributed by atoms with Crippen molar-refractivity contribution >= 4 is 17.6 Å². The molecule has 1 aromatic heterocycles. The Balaban J connectivity index is 2.39. The highest BCUT2D eigenvalue weighted by atomic mass is 19.3. The Morgan fingerprint density at radius 3 is 2.61 bits per heavy atom. The lowest BCUT2D eigenvalue weighted by molar-refractivity contribution is 0.0698. The Labute approximate surface area is 130 Å². The van der Waals surface area contributed by atoms with E-state index < -0.39 is 24.0 Å². The van der Waals surface area contributed by atoms with Crippen molar-refractivity contribution in [2.75, 3.05) is 5.32 Å². The van der Waals surface area contributed by atoms with Crippen LogP contribution < -0.4 is 5.32 Å². The fourth-order valence-corrected chi connectivity index (χ4v) is 2.13. The standard InChI is InChI=1S/C15H15F2N3O3/c1-3-8-4-5-9(15(22)23)11(6-8)18-14(21)10-7-20(2)19-12(10)13(16)17/h4-7,13H,3H2,1-2H3,(H,18,21)(H,22,23). The lowest BCUT2D eigenvalue weighted by Gasteiger charge is -2.10. The van der Waals surface area contributed by atoms with Crippen molar-refractivity contribution in [2.24, 2.45) is 7.05 Å². The summed E-state index contributed by atoms with van der Waals surface area (Å²) in [6.07, 6.45) is -1.10. The molecule has 23 heavy (non-hydrogen) atoms. The fourth-order valence-electron chi connectivity index (χ4n) is 2.13. The normalized spacial score (nSPS) is 10.8. The molecule has 0 radical (unpaired) electrons. The molecule has 1 aromatic carbocycles. The number of carboxylic acid groups (broad SMARTS) is 1. The smallest absolute Gasteiger partial charge is 0.337 e. The first-order chi connectivity index (χ1) is 10.8. The number of hydrogen-bond donors (Lipinski definition) is 2. The van der Waals surface area contributed by atoms with Crippen LogP contribution in [0.3, 0.4) is 0 Å². The van der Waals surface area contributed by atoms with Gasteiger partial charge in [0, 0.05) is 13.2 Å². The number of aromatic nitrogens is 2. The van der Waals surface area contributed by atoms with Gasteiger partial charge in [-0.25, -0.2) is 13.6 Å². The first-order valence-electron chi connectivity index (χ1n) is 6.82. The SMILES string of the molecule is CCc1ccc(C(=O)O)c(NC(=O)c2cn(C)nc2C(F)F)c1. The van der Waals surface area contributed by atoms with E-state index in [0.717, 1.165) is 10.2 Å². The Morgan fingerprint density at radius 2 is 2.04 bits per heavy atom. The number of aryl methyl sites for hydroxylation is 2. The number of halogens is 2. The molecule has 122 valence electrons. The lowest BCUT2D eigenvalue weighted by atomic mass is 10.1. The molecule has 0 aliphatic carbocycles. The topological polar surface area (TPSA) is 84.2 Å². The first-order valence-corrected chi connectivity index (χ1v) is 6.82. The second-order valence-corrected chi connectivity index (χ2v) is 4.90. The van der Waals surface area contributed by atoms with E-state index in [2.05, 4.69) is 10.4 Å². The largest absolute Gasteiger partial charge is 0.478 e. The predicted molar refractivity (Wildman–Crippen MR) is 78.9 cm³/mol. The Bertz CT molecular complexity index is 756. The van der Waals surface area contributed by atoms with E-state index in [-0.39, 0.29) is 16.8 Å². The van der Waals surface area contributed by atoms with E-state index in [1.165, 1.54) is 25.4 Å². The molecule has 0 atom stereocenters. The zero-order valence-electron chi connectivity index (χ0n) is 12.5. The average molecular weight is 323 g/mol. The van der Waals surface area contributed by atoms with E-state index in [4.69, 9.17) is 0 Å². The minimum Gasteiger partial charge on any atom is -0.478 e. The van der Waals surface area contributed by atoms with Crippen LogP contribution in [-0.2, 0) is 13.5 Å². The molecular formula is C15H15F2N3O3. The fraction of sp³-hybridized carbons (Fsp3) is 0.267. The minimum absolute atomic E-state index is 0.0610. The second-order valence-electron chi connectivity index (χ2n) is 4.90. The molecule has 0 spiro atoms. The number of anilines is 1. The van der Waals surface area contributed by atoms with E-state index in [0.29, 0.717) is 6.42 Å². The van der Waals surface area contributed by atoms with Crippen molar-refractivity contribution in [3.8, 4) is 0 Å². The van der Waals surface area contributed by atoms with E-state index in [1.54, 1.807) is 6.07 Å². The van der Waals surface area contributed by atoms with Gasteiger partial charge >= 0.3 is 5.97 Å². The third-order valence-electron chi connectivity index (χ3n) is 3.28. The van der Waals surface area contributed by atoms with E-state index in [1.807, 2.05) is 6.92 Å². The third-order valence-corrected chi connectivity index (χ3v) is 3.28. The van der Waals surface area contributed by atoms with Gasteiger partial charge in [-0.3, -0.25) is 9.48 Å². The Morgan fingerprint density at radius 1 is 1.35 bits per heavy atom.